The molecule has 1 heterocycles. The van der Waals surface area contributed by atoms with Crippen LogP contribution < -0.4 is 4.74 Å². The zero-order chi connectivity index (χ0) is 24.1. The summed E-state index contributed by atoms with van der Waals surface area (Å²) in [7, 11) is 0. The summed E-state index contributed by atoms with van der Waals surface area (Å²) in [4.78, 5) is 12.9. The summed E-state index contributed by atoms with van der Waals surface area (Å²) in [6, 6.07) is 5.54. The van der Waals surface area contributed by atoms with Crippen LogP contribution in [0, 0.1) is 24.2 Å². The average Bonchev–Trinajstić information content (AvgIpc) is 2.98. The molecule has 3 rings (SSSR count). The molecule has 1 aliphatic heterocycles. The van der Waals surface area contributed by atoms with Gasteiger partial charge in [0, 0.05) is 5.71 Å². The van der Waals surface area contributed by atoms with Crippen LogP contribution in [0.3, 0.4) is 0 Å². The summed E-state index contributed by atoms with van der Waals surface area (Å²) in [6.07, 6.45) is -3.93. The topological polar surface area (TPSA) is 62.1 Å². The van der Waals surface area contributed by atoms with E-state index in [0.29, 0.717) is 18.6 Å². The van der Waals surface area contributed by atoms with Gasteiger partial charge in [0.25, 0.3) is 11.6 Å². The first kappa shape index (κ1) is 24.6. The van der Waals surface area contributed by atoms with Crippen molar-refractivity contribution >= 4 is 11.6 Å². The lowest BCUT2D eigenvalue weighted by molar-refractivity contribution is -0.318. The zero-order valence-corrected chi connectivity index (χ0v) is 19.6. The maximum atomic E-state index is 14.2. The number of hydrazone groups is 1. The van der Waals surface area contributed by atoms with Gasteiger partial charge in [0.05, 0.1) is 5.92 Å². The molecule has 1 saturated carbocycles. The molecular formula is C24H33F3N2O3. The summed E-state index contributed by atoms with van der Waals surface area (Å²) in [5.74, 6) is -1.75. The number of fused-ring (bicyclic) bond motifs is 1. The lowest BCUT2D eigenvalue weighted by Gasteiger charge is -2.42. The highest BCUT2D eigenvalue weighted by Crippen LogP contribution is 2.51. The van der Waals surface area contributed by atoms with Gasteiger partial charge in [-0.1, -0.05) is 46.8 Å². The highest BCUT2D eigenvalue weighted by molar-refractivity contribution is 5.93. The minimum Gasteiger partial charge on any atom is -0.483 e. The molecule has 32 heavy (non-hydrogen) atoms. The van der Waals surface area contributed by atoms with Gasteiger partial charge in [-0.3, -0.25) is 4.79 Å². The lowest BCUT2D eigenvalue weighted by atomic mass is 9.66. The van der Waals surface area contributed by atoms with Crippen LogP contribution >= 0.6 is 0 Å². The van der Waals surface area contributed by atoms with Crippen molar-refractivity contribution in [3.63, 3.8) is 0 Å². The van der Waals surface area contributed by atoms with Crippen LogP contribution in [0.25, 0.3) is 0 Å². The Hall–Kier alpha value is -2.09. The molecule has 1 aromatic rings. The number of hydrogen-bond acceptors (Lipinski definition) is 4. The van der Waals surface area contributed by atoms with Crippen LogP contribution in [0.2, 0.25) is 0 Å². The van der Waals surface area contributed by atoms with E-state index in [1.54, 1.807) is 6.07 Å². The molecule has 5 nitrogen and oxygen atoms in total. The second-order valence-corrected chi connectivity index (χ2v) is 10.4. The number of alkyl halides is 3. The number of rotatable bonds is 4. The first-order valence-corrected chi connectivity index (χ1v) is 11.1. The molecule has 1 aromatic carbocycles. The molecule has 0 saturated heterocycles. The molecule has 1 fully saturated rings. The quantitative estimate of drug-likeness (QED) is 0.662. The van der Waals surface area contributed by atoms with Crippen LogP contribution in [0.4, 0.5) is 13.2 Å². The zero-order valence-electron chi connectivity index (χ0n) is 19.6. The second-order valence-electron chi connectivity index (χ2n) is 10.4. The van der Waals surface area contributed by atoms with Crippen LogP contribution in [0.15, 0.2) is 23.3 Å². The molecule has 1 N–H and O–H groups in total. The van der Waals surface area contributed by atoms with E-state index in [1.807, 2.05) is 53.7 Å². The molecule has 2 aliphatic rings. The van der Waals surface area contributed by atoms with Crippen molar-refractivity contribution in [2.45, 2.75) is 78.6 Å². The molecule has 1 amide bonds. The Morgan fingerprint density at radius 1 is 1.31 bits per heavy atom. The largest absolute Gasteiger partial charge is 0.483 e. The lowest BCUT2D eigenvalue weighted by Crippen LogP contribution is -2.62. The minimum absolute atomic E-state index is 0.0208. The van der Waals surface area contributed by atoms with E-state index in [-0.39, 0.29) is 34.4 Å². The number of amides is 1. The number of ether oxygens (including phenoxy) is 1. The normalized spacial score (nSPS) is 26.2. The number of aryl methyl sites for hydroxylation is 1. The standard InChI is InChI=1S/C24H33F3N2O3/c1-14(2)17-9-7-15(3)11-20(17)32-13-21(30)29-23(31,24(25,26)27)18-12-16(22(4,5)6)8-10-19(18)28-29/h7,9,11,14,16,18,31H,8,10,12-13H2,1-6H3/t16-,18-,23-/m0/s1. The monoisotopic (exact) mass is 454 g/mol. The Kier molecular flexibility index (Phi) is 6.41. The molecule has 0 unspecified atom stereocenters. The Bertz CT molecular complexity index is 905. The average molecular weight is 455 g/mol. The molecule has 0 radical (unpaired) electrons. The molecule has 0 spiro atoms. The van der Waals surface area contributed by atoms with Gasteiger partial charge >= 0.3 is 6.18 Å². The van der Waals surface area contributed by atoms with E-state index < -0.39 is 30.3 Å². The van der Waals surface area contributed by atoms with E-state index in [2.05, 4.69) is 5.10 Å². The molecule has 178 valence electrons. The summed E-state index contributed by atoms with van der Waals surface area (Å²) in [5, 5.41) is 15.1. The van der Waals surface area contributed by atoms with E-state index in [4.69, 9.17) is 4.74 Å². The third-order valence-electron chi connectivity index (χ3n) is 6.73. The summed E-state index contributed by atoms with van der Waals surface area (Å²) in [6.45, 7) is 11.1. The third-order valence-corrected chi connectivity index (χ3v) is 6.73. The smallest absolute Gasteiger partial charge is 0.439 e. The number of nitrogens with zero attached hydrogens (tertiary/aromatic N) is 2. The maximum Gasteiger partial charge on any atom is 0.439 e. The Morgan fingerprint density at radius 2 is 1.97 bits per heavy atom. The van der Waals surface area contributed by atoms with Crippen molar-refractivity contribution in [2.75, 3.05) is 6.61 Å². The van der Waals surface area contributed by atoms with Crippen LogP contribution in [-0.4, -0.2) is 40.2 Å². The first-order chi connectivity index (χ1) is 14.7. The molecule has 1 aliphatic carbocycles. The number of carbonyl (C=O) groups excluding carboxylic acids is 1. The van der Waals surface area contributed by atoms with Crippen molar-refractivity contribution in [1.82, 2.24) is 5.01 Å². The van der Waals surface area contributed by atoms with Gasteiger partial charge in [-0.05, 0) is 60.6 Å². The summed E-state index contributed by atoms with van der Waals surface area (Å²) in [5.41, 5.74) is -1.58. The van der Waals surface area contributed by atoms with E-state index in [1.165, 1.54) is 0 Å². The van der Waals surface area contributed by atoms with Crippen LogP contribution in [-0.2, 0) is 4.79 Å². The molecule has 0 bridgehead atoms. The number of halogens is 3. The van der Waals surface area contributed by atoms with Crippen molar-refractivity contribution < 1.29 is 27.8 Å². The van der Waals surface area contributed by atoms with Crippen molar-refractivity contribution in [1.29, 1.82) is 0 Å². The van der Waals surface area contributed by atoms with Crippen LogP contribution in [0.1, 0.15) is 70.9 Å². The van der Waals surface area contributed by atoms with Gasteiger partial charge in [-0.15, -0.1) is 0 Å². The van der Waals surface area contributed by atoms with Crippen molar-refractivity contribution in [3.8, 4) is 5.75 Å². The third kappa shape index (κ3) is 4.38. The van der Waals surface area contributed by atoms with E-state index >= 15 is 0 Å². The molecule has 8 heteroatoms. The Labute approximate surface area is 187 Å². The van der Waals surface area contributed by atoms with Gasteiger partial charge < -0.3 is 9.84 Å². The maximum absolute atomic E-state index is 14.2. The number of hydrogen-bond donors (Lipinski definition) is 1. The number of benzene rings is 1. The fraction of sp³-hybridized carbons (Fsp3) is 0.667. The van der Waals surface area contributed by atoms with Gasteiger partial charge in [0.15, 0.2) is 6.61 Å². The fourth-order valence-corrected chi connectivity index (χ4v) is 4.70. The highest BCUT2D eigenvalue weighted by Gasteiger charge is 2.69. The predicted octanol–water partition coefficient (Wildman–Crippen LogP) is 5.41. The summed E-state index contributed by atoms with van der Waals surface area (Å²) >= 11 is 0. The van der Waals surface area contributed by atoms with Crippen LogP contribution in [0.5, 0.6) is 5.75 Å². The van der Waals surface area contributed by atoms with Crippen molar-refractivity contribution in [2.24, 2.45) is 22.4 Å². The number of carbonyl (C=O) groups is 1. The van der Waals surface area contributed by atoms with Gasteiger partial charge in [-0.2, -0.15) is 23.3 Å². The Balaban J connectivity index is 1.86. The molecular weight excluding hydrogens is 421 g/mol. The Morgan fingerprint density at radius 3 is 2.53 bits per heavy atom. The first-order valence-electron chi connectivity index (χ1n) is 11.1. The molecule has 0 aromatic heterocycles. The van der Waals surface area contributed by atoms with Gasteiger partial charge in [-0.25, -0.2) is 0 Å². The molecule has 3 atom stereocenters. The van der Waals surface area contributed by atoms with Crippen molar-refractivity contribution in [3.05, 3.63) is 29.3 Å². The second kappa shape index (κ2) is 8.36. The minimum atomic E-state index is -5.05. The van der Waals surface area contributed by atoms with Gasteiger partial charge in [0.1, 0.15) is 5.75 Å². The highest BCUT2D eigenvalue weighted by atomic mass is 19.4. The van der Waals surface area contributed by atoms with E-state index in [0.717, 1.165) is 11.1 Å². The fourth-order valence-electron chi connectivity index (χ4n) is 4.70. The predicted molar refractivity (Wildman–Crippen MR) is 116 cm³/mol. The van der Waals surface area contributed by atoms with E-state index in [9.17, 15) is 23.1 Å². The number of aliphatic hydroxyl groups is 1. The summed E-state index contributed by atoms with van der Waals surface area (Å²) < 4.78 is 48.2. The van der Waals surface area contributed by atoms with Gasteiger partial charge in [0.2, 0.25) is 0 Å². The SMILES string of the molecule is Cc1ccc(C(C)C)c(OCC(=O)N2N=C3CC[C@H](C(C)(C)C)C[C@@H]3[C@]2(O)C(F)(F)F)c1.